The van der Waals surface area contributed by atoms with Crippen LogP contribution in [0.2, 0.25) is 0 Å². The first-order chi connectivity index (χ1) is 8.98. The zero-order chi connectivity index (χ0) is 14.0. The van der Waals surface area contributed by atoms with Gasteiger partial charge in [0.05, 0.1) is 5.41 Å². The molecule has 5 nitrogen and oxygen atoms in total. The van der Waals surface area contributed by atoms with E-state index in [1.54, 1.807) is 4.90 Å². The molecule has 2 fully saturated rings. The second-order valence-electron chi connectivity index (χ2n) is 5.52. The molecule has 2 saturated heterocycles. The number of carboxylic acid groups (broad SMARTS) is 1. The van der Waals surface area contributed by atoms with Gasteiger partial charge in [0, 0.05) is 37.2 Å². The van der Waals surface area contributed by atoms with Gasteiger partial charge < -0.3 is 14.9 Å². The molecule has 2 heterocycles. The fraction of sp³-hybridized carbons (Fsp3) is 0.846. The Bertz CT molecular complexity index is 377. The highest BCUT2D eigenvalue weighted by molar-refractivity contribution is 7.99. The van der Waals surface area contributed by atoms with E-state index in [0.717, 1.165) is 18.8 Å². The molecule has 2 rings (SSSR count). The minimum atomic E-state index is -0.770. The standard InChI is InChI=1S/C13H22N2O3S/c1-3-13(11(16)17)4-5-15(9-13)12(18)14-6-7-19-10(2)8-14/h10H,3-9H2,1-2H3,(H,16,17). The SMILES string of the molecule is CCC1(C(=O)O)CCN(C(=O)N2CCSC(C)C2)C1. The summed E-state index contributed by atoms with van der Waals surface area (Å²) in [6, 6.07) is 0.0173. The molecule has 1 N–H and O–H groups in total. The smallest absolute Gasteiger partial charge is 0.320 e. The third-order valence-electron chi connectivity index (χ3n) is 4.27. The Hall–Kier alpha value is -0.910. The Kier molecular flexibility index (Phi) is 4.28. The number of urea groups is 1. The molecule has 0 radical (unpaired) electrons. The monoisotopic (exact) mass is 286 g/mol. The molecule has 0 saturated carbocycles. The Labute approximate surface area is 118 Å². The minimum Gasteiger partial charge on any atom is -0.481 e. The largest absolute Gasteiger partial charge is 0.481 e. The number of carbonyl (C=O) groups is 2. The molecule has 2 unspecified atom stereocenters. The number of thioether (sulfide) groups is 1. The third-order valence-corrected chi connectivity index (χ3v) is 5.40. The van der Waals surface area contributed by atoms with Crippen molar-refractivity contribution in [1.29, 1.82) is 0 Å². The van der Waals surface area contributed by atoms with E-state index in [4.69, 9.17) is 0 Å². The van der Waals surface area contributed by atoms with Crippen LogP contribution >= 0.6 is 11.8 Å². The maximum Gasteiger partial charge on any atom is 0.320 e. The summed E-state index contributed by atoms with van der Waals surface area (Å²) < 4.78 is 0. The number of hydrogen-bond acceptors (Lipinski definition) is 3. The number of carbonyl (C=O) groups excluding carboxylic acids is 1. The molecule has 0 spiro atoms. The molecular formula is C13H22N2O3S. The van der Waals surface area contributed by atoms with Crippen molar-refractivity contribution in [1.82, 2.24) is 9.80 Å². The summed E-state index contributed by atoms with van der Waals surface area (Å²) >= 11 is 1.88. The topological polar surface area (TPSA) is 60.9 Å². The van der Waals surface area contributed by atoms with Crippen LogP contribution in [0, 0.1) is 5.41 Å². The van der Waals surface area contributed by atoms with Gasteiger partial charge in [0.15, 0.2) is 0 Å². The van der Waals surface area contributed by atoms with Gasteiger partial charge in [-0.05, 0) is 12.8 Å². The van der Waals surface area contributed by atoms with Crippen LogP contribution in [-0.2, 0) is 4.79 Å². The Balaban J connectivity index is 2.00. The Morgan fingerprint density at radius 1 is 1.37 bits per heavy atom. The Morgan fingerprint density at radius 3 is 2.63 bits per heavy atom. The molecule has 0 aromatic carbocycles. The molecule has 2 atom stereocenters. The van der Waals surface area contributed by atoms with Gasteiger partial charge in [-0.2, -0.15) is 11.8 Å². The van der Waals surface area contributed by atoms with Gasteiger partial charge in [0.25, 0.3) is 0 Å². The molecule has 2 aliphatic rings. The fourth-order valence-electron chi connectivity index (χ4n) is 2.84. The highest BCUT2D eigenvalue weighted by Gasteiger charge is 2.45. The first-order valence-corrected chi connectivity index (χ1v) is 7.92. The average molecular weight is 286 g/mol. The van der Waals surface area contributed by atoms with Crippen molar-refractivity contribution in [2.45, 2.75) is 31.9 Å². The average Bonchev–Trinajstić information content (AvgIpc) is 2.83. The van der Waals surface area contributed by atoms with Gasteiger partial charge in [-0.1, -0.05) is 13.8 Å². The van der Waals surface area contributed by atoms with Gasteiger partial charge >= 0.3 is 12.0 Å². The normalized spacial score (nSPS) is 31.6. The molecule has 108 valence electrons. The maximum atomic E-state index is 12.4. The van der Waals surface area contributed by atoms with Crippen molar-refractivity contribution in [3.05, 3.63) is 0 Å². The zero-order valence-corrected chi connectivity index (χ0v) is 12.4. The molecule has 0 aromatic heterocycles. The molecule has 2 aliphatic heterocycles. The van der Waals surface area contributed by atoms with E-state index in [-0.39, 0.29) is 6.03 Å². The zero-order valence-electron chi connectivity index (χ0n) is 11.6. The van der Waals surface area contributed by atoms with Crippen LogP contribution in [0.5, 0.6) is 0 Å². The molecule has 6 heteroatoms. The predicted octanol–water partition coefficient (Wildman–Crippen LogP) is 1.73. The number of hydrogen-bond donors (Lipinski definition) is 1. The van der Waals surface area contributed by atoms with E-state index in [1.165, 1.54) is 0 Å². The number of likely N-dealkylation sites (tertiary alicyclic amines) is 1. The van der Waals surface area contributed by atoms with Crippen molar-refractivity contribution in [3.8, 4) is 0 Å². The molecule has 0 bridgehead atoms. The van der Waals surface area contributed by atoms with Crippen molar-refractivity contribution >= 4 is 23.8 Å². The number of aliphatic carboxylic acids is 1. The molecular weight excluding hydrogens is 264 g/mol. The maximum absolute atomic E-state index is 12.4. The summed E-state index contributed by atoms with van der Waals surface area (Å²) in [6.45, 7) is 6.48. The number of amides is 2. The first-order valence-electron chi connectivity index (χ1n) is 6.87. The lowest BCUT2D eigenvalue weighted by molar-refractivity contribution is -0.148. The summed E-state index contributed by atoms with van der Waals surface area (Å²) in [5.74, 6) is 0.200. The van der Waals surface area contributed by atoms with Crippen molar-refractivity contribution in [2.24, 2.45) is 5.41 Å². The second kappa shape index (κ2) is 5.61. The van der Waals surface area contributed by atoms with Gasteiger partial charge in [-0.15, -0.1) is 0 Å². The van der Waals surface area contributed by atoms with Crippen LogP contribution in [0.3, 0.4) is 0 Å². The van der Waals surface area contributed by atoms with Crippen molar-refractivity contribution in [2.75, 3.05) is 31.9 Å². The molecule has 19 heavy (non-hydrogen) atoms. The Morgan fingerprint density at radius 2 is 2.11 bits per heavy atom. The summed E-state index contributed by atoms with van der Waals surface area (Å²) in [5, 5.41) is 9.83. The van der Waals surface area contributed by atoms with Crippen molar-refractivity contribution in [3.63, 3.8) is 0 Å². The van der Waals surface area contributed by atoms with Crippen LogP contribution in [0.15, 0.2) is 0 Å². The van der Waals surface area contributed by atoms with Crippen LogP contribution < -0.4 is 0 Å². The van der Waals surface area contributed by atoms with E-state index < -0.39 is 11.4 Å². The third kappa shape index (κ3) is 2.83. The van der Waals surface area contributed by atoms with E-state index >= 15 is 0 Å². The predicted molar refractivity (Wildman–Crippen MR) is 75.4 cm³/mol. The summed E-state index contributed by atoms with van der Waals surface area (Å²) in [5.41, 5.74) is -0.730. The lowest BCUT2D eigenvalue weighted by Crippen LogP contribution is -2.48. The van der Waals surface area contributed by atoms with Crippen LogP contribution in [0.25, 0.3) is 0 Å². The molecule has 2 amide bonds. The van der Waals surface area contributed by atoms with Crippen LogP contribution in [0.4, 0.5) is 4.79 Å². The summed E-state index contributed by atoms with van der Waals surface area (Å²) in [7, 11) is 0. The quantitative estimate of drug-likeness (QED) is 0.840. The molecule has 0 aliphatic carbocycles. The lowest BCUT2D eigenvalue weighted by atomic mass is 9.84. The lowest BCUT2D eigenvalue weighted by Gasteiger charge is -2.34. The van der Waals surface area contributed by atoms with Gasteiger partial charge in [-0.25, -0.2) is 4.79 Å². The highest BCUT2D eigenvalue weighted by atomic mass is 32.2. The second-order valence-corrected chi connectivity index (χ2v) is 7.07. The van der Waals surface area contributed by atoms with E-state index in [2.05, 4.69) is 6.92 Å². The first kappa shape index (κ1) is 14.5. The van der Waals surface area contributed by atoms with Gasteiger partial charge in [0.2, 0.25) is 0 Å². The number of nitrogens with zero attached hydrogens (tertiary/aromatic N) is 2. The number of rotatable bonds is 2. The molecule has 0 aromatic rings. The van der Waals surface area contributed by atoms with Crippen LogP contribution in [0.1, 0.15) is 26.7 Å². The van der Waals surface area contributed by atoms with Gasteiger partial charge in [0.1, 0.15) is 0 Å². The van der Waals surface area contributed by atoms with Crippen molar-refractivity contribution < 1.29 is 14.7 Å². The fourth-order valence-corrected chi connectivity index (χ4v) is 3.86. The minimum absolute atomic E-state index is 0.0173. The van der Waals surface area contributed by atoms with E-state index in [9.17, 15) is 14.7 Å². The summed E-state index contributed by atoms with van der Waals surface area (Å²) in [4.78, 5) is 27.4. The van der Waals surface area contributed by atoms with Crippen LogP contribution in [-0.4, -0.2) is 64.1 Å². The van der Waals surface area contributed by atoms with E-state index in [0.29, 0.717) is 31.2 Å². The summed E-state index contributed by atoms with van der Waals surface area (Å²) in [6.07, 6.45) is 1.15. The van der Waals surface area contributed by atoms with E-state index in [1.807, 2.05) is 23.6 Å². The van der Waals surface area contributed by atoms with Gasteiger partial charge in [-0.3, -0.25) is 4.79 Å². The number of carboxylic acids is 1. The highest BCUT2D eigenvalue weighted by Crippen LogP contribution is 2.35.